The molecule has 0 atom stereocenters. The van der Waals surface area contributed by atoms with Crippen molar-refractivity contribution in [3.63, 3.8) is 0 Å². The molecule has 6 heteroatoms. The van der Waals surface area contributed by atoms with Gasteiger partial charge in [-0.25, -0.2) is 4.79 Å². The Hall–Kier alpha value is -2.76. The fraction of sp³-hybridized carbons (Fsp3) is 0.294. The average molecular weight is 317 g/mol. The average Bonchev–Trinajstić information content (AvgIpc) is 2.55. The van der Waals surface area contributed by atoms with Gasteiger partial charge in [0.2, 0.25) is 0 Å². The Bertz CT molecular complexity index is 820. The van der Waals surface area contributed by atoms with Gasteiger partial charge in [-0.3, -0.25) is 4.79 Å². The molecule has 0 aliphatic heterocycles. The number of carbonyl (C=O) groups excluding carboxylic acids is 1. The van der Waals surface area contributed by atoms with Gasteiger partial charge >= 0.3 is 5.97 Å². The molecule has 0 saturated carbocycles. The van der Waals surface area contributed by atoms with Gasteiger partial charge in [0, 0.05) is 11.9 Å². The smallest absolute Gasteiger partial charge is 0.347 e. The molecule has 0 unspecified atom stereocenters. The highest BCUT2D eigenvalue weighted by atomic mass is 16.5. The first-order valence-corrected chi connectivity index (χ1v) is 7.26. The molecule has 0 fully saturated rings. The molecular formula is C17H19NO5. The highest BCUT2D eigenvalue weighted by Crippen LogP contribution is 2.30. The van der Waals surface area contributed by atoms with Crippen molar-refractivity contribution in [3.8, 4) is 11.5 Å². The highest BCUT2D eigenvalue weighted by Gasteiger charge is 2.23. The molecule has 1 N–H and O–H groups in total. The lowest BCUT2D eigenvalue weighted by atomic mass is 10.1. The maximum atomic E-state index is 12.6. The standard InChI is InChI=1S/C17H19NO5/c1-4-6-9-18-13-8-7-11(22-3)10-12(13)15(19)14(16(18)20)17(21)23-5-2/h4,6-8,10,19H,5,9H2,1-3H3/b6-4+. The van der Waals surface area contributed by atoms with Gasteiger partial charge in [-0.15, -0.1) is 0 Å². The summed E-state index contributed by atoms with van der Waals surface area (Å²) in [7, 11) is 1.50. The van der Waals surface area contributed by atoms with E-state index in [0.717, 1.165) is 0 Å². The number of allylic oxidation sites excluding steroid dienone is 2. The number of benzene rings is 1. The lowest BCUT2D eigenvalue weighted by Crippen LogP contribution is -2.27. The number of hydrogen-bond donors (Lipinski definition) is 1. The van der Waals surface area contributed by atoms with Crippen molar-refractivity contribution < 1.29 is 19.4 Å². The minimum Gasteiger partial charge on any atom is -0.506 e. The number of ether oxygens (including phenoxy) is 2. The molecule has 0 saturated heterocycles. The highest BCUT2D eigenvalue weighted by molar-refractivity contribution is 5.99. The van der Waals surface area contributed by atoms with Crippen molar-refractivity contribution in [1.82, 2.24) is 4.57 Å². The van der Waals surface area contributed by atoms with Crippen molar-refractivity contribution in [2.24, 2.45) is 0 Å². The van der Waals surface area contributed by atoms with E-state index in [4.69, 9.17) is 9.47 Å². The number of methoxy groups -OCH3 is 1. The van der Waals surface area contributed by atoms with Gasteiger partial charge in [-0.1, -0.05) is 12.2 Å². The molecule has 2 rings (SSSR count). The molecule has 0 bridgehead atoms. The number of nitrogens with zero attached hydrogens (tertiary/aromatic N) is 1. The molecule has 0 aliphatic rings. The van der Waals surface area contributed by atoms with Crippen molar-refractivity contribution in [3.05, 3.63) is 46.3 Å². The van der Waals surface area contributed by atoms with E-state index < -0.39 is 11.5 Å². The number of rotatable bonds is 5. The fourth-order valence-electron chi connectivity index (χ4n) is 2.33. The third kappa shape index (κ3) is 3.06. The number of pyridine rings is 1. The maximum absolute atomic E-state index is 12.6. The minimum absolute atomic E-state index is 0.114. The van der Waals surface area contributed by atoms with Gasteiger partial charge in [-0.2, -0.15) is 0 Å². The van der Waals surface area contributed by atoms with Crippen LogP contribution in [0.25, 0.3) is 10.9 Å². The molecule has 0 amide bonds. The molecule has 122 valence electrons. The molecule has 2 aromatic rings. The first-order chi connectivity index (χ1) is 11.0. The van der Waals surface area contributed by atoms with E-state index >= 15 is 0 Å². The maximum Gasteiger partial charge on any atom is 0.347 e. The van der Waals surface area contributed by atoms with Crippen LogP contribution < -0.4 is 10.3 Å². The Morgan fingerprint density at radius 2 is 2.13 bits per heavy atom. The van der Waals surface area contributed by atoms with E-state index in [9.17, 15) is 14.7 Å². The summed E-state index contributed by atoms with van der Waals surface area (Å²) in [6.07, 6.45) is 3.59. The third-order valence-electron chi connectivity index (χ3n) is 3.45. The molecule has 1 heterocycles. The number of aromatic nitrogens is 1. The number of hydrogen-bond acceptors (Lipinski definition) is 5. The fourth-order valence-corrected chi connectivity index (χ4v) is 2.33. The SMILES string of the molecule is C/C=C/Cn1c(=O)c(C(=O)OCC)c(O)c2cc(OC)ccc21. The molecule has 6 nitrogen and oxygen atoms in total. The molecule has 0 aliphatic carbocycles. The van der Waals surface area contributed by atoms with Crippen molar-refractivity contribution in [1.29, 1.82) is 0 Å². The van der Waals surface area contributed by atoms with Gasteiger partial charge in [0.1, 0.15) is 11.5 Å². The van der Waals surface area contributed by atoms with E-state index in [-0.39, 0.29) is 24.5 Å². The van der Waals surface area contributed by atoms with Crippen LogP contribution in [0.4, 0.5) is 0 Å². The first kappa shape index (κ1) is 16.6. The topological polar surface area (TPSA) is 77.8 Å². The zero-order valence-electron chi connectivity index (χ0n) is 13.3. The molecular weight excluding hydrogens is 298 g/mol. The lowest BCUT2D eigenvalue weighted by Gasteiger charge is -2.14. The zero-order valence-corrected chi connectivity index (χ0v) is 13.3. The van der Waals surface area contributed by atoms with E-state index in [1.807, 2.05) is 6.92 Å². The Labute approximate surface area is 133 Å². The van der Waals surface area contributed by atoms with Crippen LogP contribution in [-0.2, 0) is 11.3 Å². The van der Waals surface area contributed by atoms with E-state index in [2.05, 4.69) is 0 Å². The monoisotopic (exact) mass is 317 g/mol. The van der Waals surface area contributed by atoms with Crippen LogP contribution in [0.1, 0.15) is 24.2 Å². The summed E-state index contributed by atoms with van der Waals surface area (Å²) in [5.74, 6) is -0.716. The van der Waals surface area contributed by atoms with Crippen LogP contribution in [-0.4, -0.2) is 29.4 Å². The number of esters is 1. The summed E-state index contributed by atoms with van der Waals surface area (Å²) in [6, 6.07) is 4.95. The Morgan fingerprint density at radius 3 is 2.74 bits per heavy atom. The second-order valence-corrected chi connectivity index (χ2v) is 4.81. The zero-order chi connectivity index (χ0) is 17.0. The van der Waals surface area contributed by atoms with Crippen LogP contribution >= 0.6 is 0 Å². The Balaban J connectivity index is 2.84. The molecule has 1 aromatic carbocycles. The van der Waals surface area contributed by atoms with Gasteiger partial charge in [0.05, 0.1) is 19.2 Å². The second kappa shape index (κ2) is 7.00. The number of fused-ring (bicyclic) bond motifs is 1. The van der Waals surface area contributed by atoms with E-state index in [0.29, 0.717) is 16.7 Å². The predicted octanol–water partition coefficient (Wildman–Crippen LogP) is 2.47. The van der Waals surface area contributed by atoms with Crippen LogP contribution in [0.5, 0.6) is 11.5 Å². The lowest BCUT2D eigenvalue weighted by molar-refractivity contribution is 0.0520. The minimum atomic E-state index is -0.839. The Morgan fingerprint density at radius 1 is 1.39 bits per heavy atom. The second-order valence-electron chi connectivity index (χ2n) is 4.81. The van der Waals surface area contributed by atoms with E-state index in [1.54, 1.807) is 37.3 Å². The number of aromatic hydroxyl groups is 1. The molecule has 0 radical (unpaired) electrons. The van der Waals surface area contributed by atoms with Gasteiger partial charge in [0.25, 0.3) is 5.56 Å². The molecule has 23 heavy (non-hydrogen) atoms. The van der Waals surface area contributed by atoms with Crippen LogP contribution in [0, 0.1) is 0 Å². The van der Waals surface area contributed by atoms with Crippen molar-refractivity contribution >= 4 is 16.9 Å². The normalized spacial score (nSPS) is 11.1. The van der Waals surface area contributed by atoms with Crippen LogP contribution in [0.3, 0.4) is 0 Å². The number of carbonyl (C=O) groups is 1. The Kier molecular flexibility index (Phi) is 5.05. The van der Waals surface area contributed by atoms with Crippen LogP contribution in [0.15, 0.2) is 35.1 Å². The summed E-state index contributed by atoms with van der Waals surface area (Å²) < 4.78 is 11.5. The molecule has 0 spiro atoms. The van der Waals surface area contributed by atoms with Crippen LogP contribution in [0.2, 0.25) is 0 Å². The van der Waals surface area contributed by atoms with Gasteiger partial charge in [-0.05, 0) is 32.0 Å². The van der Waals surface area contributed by atoms with Gasteiger partial charge in [0.15, 0.2) is 5.56 Å². The van der Waals surface area contributed by atoms with Gasteiger partial charge < -0.3 is 19.1 Å². The summed E-state index contributed by atoms with van der Waals surface area (Å²) in [5, 5.41) is 10.8. The first-order valence-electron chi connectivity index (χ1n) is 7.26. The summed E-state index contributed by atoms with van der Waals surface area (Å²) in [6.45, 7) is 3.87. The predicted molar refractivity (Wildman–Crippen MR) is 87.2 cm³/mol. The van der Waals surface area contributed by atoms with Crippen molar-refractivity contribution in [2.45, 2.75) is 20.4 Å². The third-order valence-corrected chi connectivity index (χ3v) is 3.45. The van der Waals surface area contributed by atoms with Crippen molar-refractivity contribution in [2.75, 3.05) is 13.7 Å². The summed E-state index contributed by atoms with van der Waals surface area (Å²) in [5.41, 5.74) is -0.437. The molecule has 1 aromatic heterocycles. The largest absolute Gasteiger partial charge is 0.506 e. The quantitative estimate of drug-likeness (QED) is 0.677. The summed E-state index contributed by atoms with van der Waals surface area (Å²) in [4.78, 5) is 24.7. The van der Waals surface area contributed by atoms with E-state index in [1.165, 1.54) is 11.7 Å². The summed E-state index contributed by atoms with van der Waals surface area (Å²) >= 11 is 0.